The van der Waals surface area contributed by atoms with E-state index in [9.17, 15) is 14.0 Å². The molecule has 4 heterocycles. The first-order valence-corrected chi connectivity index (χ1v) is 12.8. The largest absolute Gasteiger partial charge is 0.357 e. The van der Waals surface area contributed by atoms with Crippen LogP contribution in [-0.2, 0) is 4.79 Å². The number of benzene rings is 1. The normalized spacial score (nSPS) is 14.4. The van der Waals surface area contributed by atoms with E-state index in [1.165, 1.54) is 22.0 Å². The zero-order valence-corrected chi connectivity index (χ0v) is 21.9. The summed E-state index contributed by atoms with van der Waals surface area (Å²) in [5, 5.41) is 7.64. The van der Waals surface area contributed by atoms with Crippen LogP contribution in [0.5, 0.6) is 0 Å². The van der Waals surface area contributed by atoms with Crippen LogP contribution in [0.1, 0.15) is 22.3 Å². The summed E-state index contributed by atoms with van der Waals surface area (Å²) in [7, 11) is 4.08. The number of rotatable bonds is 8. The third kappa shape index (κ3) is 5.55. The lowest BCUT2D eigenvalue weighted by Gasteiger charge is -2.36. The van der Waals surface area contributed by atoms with Crippen molar-refractivity contribution in [1.29, 1.82) is 0 Å². The fourth-order valence-electron chi connectivity index (χ4n) is 4.68. The summed E-state index contributed by atoms with van der Waals surface area (Å²) in [5.74, 6) is -0.973. The van der Waals surface area contributed by atoms with Gasteiger partial charge in [0, 0.05) is 44.5 Å². The fourth-order valence-corrected chi connectivity index (χ4v) is 4.68. The van der Waals surface area contributed by atoms with Gasteiger partial charge in [0.15, 0.2) is 11.6 Å². The number of aromatic nitrogens is 5. The highest BCUT2D eigenvalue weighted by molar-refractivity contribution is 6.45. The van der Waals surface area contributed by atoms with Crippen molar-refractivity contribution in [1.82, 2.24) is 39.7 Å². The molecular weight excluding hydrogens is 501 g/mol. The Balaban J connectivity index is 1.30. The Labute approximate surface area is 224 Å². The second kappa shape index (κ2) is 11.5. The number of carbonyl (C=O) groups excluding carboxylic acids is 2. The maximum absolute atomic E-state index is 14.8. The number of amidine groups is 1. The maximum atomic E-state index is 14.8. The number of hydrogen-bond acceptors (Lipinski definition) is 7. The average Bonchev–Trinajstić information content (AvgIpc) is 3.65. The van der Waals surface area contributed by atoms with E-state index in [4.69, 9.17) is 4.99 Å². The van der Waals surface area contributed by atoms with Gasteiger partial charge in [-0.25, -0.2) is 14.1 Å². The molecule has 202 valence electrons. The van der Waals surface area contributed by atoms with Crippen LogP contribution in [0.3, 0.4) is 0 Å². The van der Waals surface area contributed by atoms with E-state index in [2.05, 4.69) is 30.1 Å². The monoisotopic (exact) mass is 531 g/mol. The summed E-state index contributed by atoms with van der Waals surface area (Å²) >= 11 is 0. The molecular formula is C27H30FN9O2. The number of hydrogen-bond donors (Lipinski definition) is 1. The van der Waals surface area contributed by atoms with Crippen LogP contribution in [0.15, 0.2) is 60.1 Å². The number of H-pyrrole nitrogens is 1. The third-order valence-corrected chi connectivity index (χ3v) is 6.64. The van der Waals surface area contributed by atoms with Gasteiger partial charge in [-0.1, -0.05) is 35.5 Å². The van der Waals surface area contributed by atoms with E-state index in [0.29, 0.717) is 32.7 Å². The molecule has 0 atom stereocenters. The molecule has 1 aromatic carbocycles. The minimum absolute atomic E-state index is 0.00343. The maximum Gasteiger partial charge on any atom is 0.295 e. The van der Waals surface area contributed by atoms with Crippen molar-refractivity contribution in [3.63, 3.8) is 0 Å². The number of fused-ring (bicyclic) bond motifs is 1. The molecule has 1 saturated heterocycles. The number of pyridine rings is 1. The molecule has 12 heteroatoms. The number of halogens is 1. The summed E-state index contributed by atoms with van der Waals surface area (Å²) in [6.07, 6.45) is 6.32. The molecule has 11 nitrogen and oxygen atoms in total. The quantitative estimate of drug-likeness (QED) is 0.122. The molecule has 0 bridgehead atoms. The van der Waals surface area contributed by atoms with Crippen LogP contribution in [-0.4, -0.2) is 111 Å². The lowest BCUT2D eigenvalue weighted by Crippen LogP contribution is -2.52. The Bertz CT molecular complexity index is 1470. The van der Waals surface area contributed by atoms with E-state index >= 15 is 0 Å². The Morgan fingerprint density at radius 1 is 1.10 bits per heavy atom. The molecule has 1 amide bonds. The Kier molecular flexibility index (Phi) is 7.73. The van der Waals surface area contributed by atoms with Crippen molar-refractivity contribution in [3.05, 3.63) is 72.1 Å². The minimum Gasteiger partial charge on any atom is -0.357 e. The van der Waals surface area contributed by atoms with Gasteiger partial charge in [0.1, 0.15) is 5.84 Å². The minimum atomic E-state index is -0.773. The lowest BCUT2D eigenvalue weighted by atomic mass is 10.1. The molecule has 5 rings (SSSR count). The summed E-state index contributed by atoms with van der Waals surface area (Å²) in [4.78, 5) is 44.1. The van der Waals surface area contributed by atoms with E-state index in [-0.39, 0.29) is 22.3 Å². The summed E-state index contributed by atoms with van der Waals surface area (Å²) in [6, 6.07) is 9.98. The lowest BCUT2D eigenvalue weighted by molar-refractivity contribution is -0.127. The van der Waals surface area contributed by atoms with Gasteiger partial charge in [-0.2, -0.15) is 0 Å². The number of aromatic amines is 1. The number of nitrogens with zero attached hydrogens (tertiary/aromatic N) is 8. The van der Waals surface area contributed by atoms with Crippen LogP contribution in [0.4, 0.5) is 4.39 Å². The van der Waals surface area contributed by atoms with Crippen molar-refractivity contribution in [2.24, 2.45) is 4.99 Å². The predicted octanol–water partition coefficient (Wildman–Crippen LogP) is 2.01. The number of piperazine rings is 1. The van der Waals surface area contributed by atoms with Crippen LogP contribution in [0, 0.1) is 5.82 Å². The highest BCUT2D eigenvalue weighted by Crippen LogP contribution is 2.26. The predicted molar refractivity (Wildman–Crippen MR) is 144 cm³/mol. The summed E-state index contributed by atoms with van der Waals surface area (Å²) in [5.41, 5.74) is 1.25. The van der Waals surface area contributed by atoms with Crippen LogP contribution < -0.4 is 0 Å². The van der Waals surface area contributed by atoms with E-state index in [1.807, 2.05) is 44.4 Å². The van der Waals surface area contributed by atoms with Crippen molar-refractivity contribution in [3.8, 4) is 5.82 Å². The second-order valence-corrected chi connectivity index (χ2v) is 9.57. The molecule has 1 fully saturated rings. The first-order chi connectivity index (χ1) is 18.9. The highest BCUT2D eigenvalue weighted by atomic mass is 19.1. The topological polar surface area (TPSA) is 116 Å². The van der Waals surface area contributed by atoms with Gasteiger partial charge < -0.3 is 19.7 Å². The molecule has 1 aliphatic heterocycles. The van der Waals surface area contributed by atoms with Gasteiger partial charge in [-0.15, -0.1) is 5.10 Å². The van der Waals surface area contributed by atoms with Crippen LogP contribution in [0.25, 0.3) is 16.7 Å². The Morgan fingerprint density at radius 3 is 2.54 bits per heavy atom. The van der Waals surface area contributed by atoms with Crippen molar-refractivity contribution >= 4 is 28.4 Å². The second-order valence-electron chi connectivity index (χ2n) is 9.57. The van der Waals surface area contributed by atoms with Gasteiger partial charge in [0.2, 0.25) is 0 Å². The smallest absolute Gasteiger partial charge is 0.295 e. The Hall–Kier alpha value is -4.45. The van der Waals surface area contributed by atoms with E-state index in [1.54, 1.807) is 6.20 Å². The van der Waals surface area contributed by atoms with Crippen molar-refractivity contribution in [2.75, 3.05) is 53.4 Å². The van der Waals surface area contributed by atoms with Gasteiger partial charge in [0.25, 0.3) is 11.7 Å². The zero-order chi connectivity index (χ0) is 27.4. The molecule has 1 aliphatic rings. The zero-order valence-electron chi connectivity index (χ0n) is 21.9. The van der Waals surface area contributed by atoms with Gasteiger partial charge in [-0.3, -0.25) is 14.6 Å². The number of ketones is 1. The molecule has 1 N–H and O–H groups in total. The number of amides is 1. The molecule has 4 aromatic rings. The number of Topliss-reactive ketones (excluding diaryl/α,β-unsaturated/α-hetero) is 1. The van der Waals surface area contributed by atoms with E-state index in [0.717, 1.165) is 30.6 Å². The Morgan fingerprint density at radius 2 is 1.85 bits per heavy atom. The van der Waals surface area contributed by atoms with Crippen molar-refractivity contribution in [2.45, 2.75) is 6.42 Å². The molecule has 0 radical (unpaired) electrons. The number of nitrogens with one attached hydrogen (secondary N) is 1. The molecule has 3 aromatic heterocycles. The standard InChI is InChI=1S/C27H30FN9O2/c1-34(2)11-6-9-29-25(19-7-4-3-5-8-19)35-13-15-36(16-14-35)27(39)24(38)20-17-30-23-22(20)21(28)18-31-26(23)37-12-10-32-33-37/h3-5,7-8,10,12,17-18,30H,6,9,11,13-16H2,1-2H3/b29-25+. The molecule has 0 unspecified atom stereocenters. The van der Waals surface area contributed by atoms with E-state index < -0.39 is 17.5 Å². The van der Waals surface area contributed by atoms with Crippen LogP contribution >= 0.6 is 0 Å². The molecule has 39 heavy (non-hydrogen) atoms. The third-order valence-electron chi connectivity index (χ3n) is 6.64. The van der Waals surface area contributed by atoms with Gasteiger partial charge in [0.05, 0.1) is 35.1 Å². The molecule has 0 spiro atoms. The SMILES string of the molecule is CN(C)CCC/N=C(\c1ccccc1)N1CCN(C(=O)C(=O)c2c[nH]c3c(-n4ccnn4)ncc(F)c23)CC1. The van der Waals surface area contributed by atoms with Crippen molar-refractivity contribution < 1.29 is 14.0 Å². The number of aliphatic imine (C=N–C) groups is 1. The average molecular weight is 532 g/mol. The number of carbonyl (C=O) groups is 2. The van der Waals surface area contributed by atoms with Gasteiger partial charge >= 0.3 is 0 Å². The van der Waals surface area contributed by atoms with Crippen LogP contribution in [0.2, 0.25) is 0 Å². The highest BCUT2D eigenvalue weighted by Gasteiger charge is 2.31. The first-order valence-electron chi connectivity index (χ1n) is 12.8. The molecule has 0 aliphatic carbocycles. The summed E-state index contributed by atoms with van der Waals surface area (Å²) < 4.78 is 16.2. The van der Waals surface area contributed by atoms with Gasteiger partial charge in [-0.05, 0) is 27.1 Å². The fraction of sp³-hybridized carbons (Fsp3) is 0.333. The first kappa shape index (κ1) is 26.2. The summed E-state index contributed by atoms with van der Waals surface area (Å²) in [6.45, 7) is 3.40. The molecule has 0 saturated carbocycles.